The van der Waals surface area contributed by atoms with Gasteiger partial charge in [0, 0.05) is 16.4 Å². The average Bonchev–Trinajstić information content (AvgIpc) is 3.36. The van der Waals surface area contributed by atoms with Gasteiger partial charge in [-0.15, -0.1) is 0 Å². The lowest BCUT2D eigenvalue weighted by Gasteiger charge is -1.99. The van der Waals surface area contributed by atoms with Crippen molar-refractivity contribution in [2.75, 3.05) is 0 Å². The predicted octanol–water partition coefficient (Wildman–Crippen LogP) is 22.0. The molecule has 0 aliphatic rings. The Morgan fingerprint density at radius 1 is 0.321 bits per heavy atom. The van der Waals surface area contributed by atoms with Gasteiger partial charge in [-0.05, 0) is 25.7 Å². The largest absolute Gasteiger partial charge is 0.0991 e. The molecule has 0 N–H and O–H groups in total. The van der Waals surface area contributed by atoms with Crippen LogP contribution in [0, 0.1) is 0 Å². The first kappa shape index (κ1) is 42.6. The van der Waals surface area contributed by atoms with E-state index in [2.05, 4.69) is 65.7 Å². The lowest BCUT2D eigenvalue weighted by atomic mass is 10.1. The molecule has 0 heterocycles. The average molecular weight is 798 g/mol. The minimum atomic E-state index is -0.706. The number of allylic oxidation sites excluding steroid dienone is 9. The molecule has 0 spiro atoms. The van der Waals surface area contributed by atoms with Crippen LogP contribution in [0.1, 0.15) is 303 Å². The molecule has 0 aromatic rings. The van der Waals surface area contributed by atoms with Crippen LogP contribution in [0.3, 0.4) is 0 Å². The summed E-state index contributed by atoms with van der Waals surface area (Å²) >= 11 is 0. The Morgan fingerprint density at radius 3 is 0.875 bits per heavy atom. The standard InChI is InChI=1S/C12H26.C12H22.2C8H18.2C8H14/c2*1-3-5-7-9-11-12-10-8-6-4-2;4*1-3-5-7-8-6-4-2/h3-12H2,1-2H3;3,5,7H,1,4,6,8-12H2,2H3;2*3-8H2,1-2H3;2*3,5,7H,1,4,6,8H2,2H3/b;7-5+;;;2*7-5+/i1D,3D,5D,7D;;2*1D,3D,5D,7D;;. The smallest absolute Gasteiger partial charge is 0.0267 e. The van der Waals surface area contributed by atoms with Crippen molar-refractivity contribution in [2.24, 2.45) is 0 Å². The van der Waals surface area contributed by atoms with E-state index in [9.17, 15) is 0 Å². The van der Waals surface area contributed by atoms with E-state index in [0.717, 1.165) is 44.9 Å². The molecule has 0 saturated heterocycles. The zero-order chi connectivity index (χ0) is 53.1. The fourth-order valence-electron chi connectivity index (χ4n) is 4.53. The van der Waals surface area contributed by atoms with Crippen molar-refractivity contribution in [3.05, 3.63) is 74.4 Å². The number of rotatable bonds is 35. The van der Waals surface area contributed by atoms with Crippen molar-refractivity contribution in [3.63, 3.8) is 0 Å². The highest BCUT2D eigenvalue weighted by Gasteiger charge is 1.90. The first-order chi connectivity index (χ1) is 32.6. The molecule has 0 aromatic heterocycles. The maximum Gasteiger partial charge on any atom is 0.0267 e. The Labute approximate surface area is 377 Å². The van der Waals surface area contributed by atoms with Crippen molar-refractivity contribution < 1.29 is 16.4 Å². The summed E-state index contributed by atoms with van der Waals surface area (Å²) in [4.78, 5) is 0. The van der Waals surface area contributed by atoms with Gasteiger partial charge in [0.05, 0.1) is 0 Å². The monoisotopic (exact) mass is 797 g/mol. The van der Waals surface area contributed by atoms with E-state index < -0.39 is 57.6 Å². The highest BCUT2D eigenvalue weighted by Crippen LogP contribution is 2.10. The Kier molecular flexibility index (Phi) is 62.0. The molecule has 0 rings (SSSR count). The molecule has 0 amide bonds. The van der Waals surface area contributed by atoms with Crippen LogP contribution in [0.5, 0.6) is 0 Å². The van der Waals surface area contributed by atoms with Gasteiger partial charge in [-0.2, -0.15) is 0 Å². The molecule has 0 aliphatic carbocycles. The fourth-order valence-corrected chi connectivity index (χ4v) is 4.53. The van der Waals surface area contributed by atoms with E-state index in [-0.39, 0.29) is 20.7 Å². The molecule has 56 heavy (non-hydrogen) atoms. The van der Waals surface area contributed by atoms with Gasteiger partial charge in [-0.1, -0.05) is 335 Å². The van der Waals surface area contributed by atoms with E-state index in [4.69, 9.17) is 16.4 Å². The third-order valence-electron chi connectivity index (χ3n) is 7.98. The van der Waals surface area contributed by atoms with Gasteiger partial charge in [-0.25, -0.2) is 0 Å². The number of unbranched alkanes of at least 4 members (excludes halogenated alkanes) is 17. The van der Waals surface area contributed by atoms with E-state index in [0.29, 0.717) is 12.8 Å². The van der Waals surface area contributed by atoms with Crippen molar-refractivity contribution in [2.45, 2.75) is 287 Å². The van der Waals surface area contributed by atoms with Gasteiger partial charge < -0.3 is 0 Å². The van der Waals surface area contributed by atoms with Crippen LogP contribution in [0.2, 0.25) is 0 Å². The van der Waals surface area contributed by atoms with Crippen LogP contribution in [-0.2, 0) is 0 Å². The summed E-state index contributed by atoms with van der Waals surface area (Å²) in [5, 5.41) is 0. The molecule has 0 saturated carbocycles. The Morgan fingerprint density at radius 2 is 0.571 bits per heavy atom. The molecule has 0 heteroatoms. The molecule has 9 unspecified atom stereocenters. The quantitative estimate of drug-likeness (QED) is 0.0443. The molecule has 0 aromatic carbocycles. The van der Waals surface area contributed by atoms with Gasteiger partial charge in [0.15, 0.2) is 0 Å². The predicted molar refractivity (Wildman–Crippen MR) is 271 cm³/mol. The zero-order valence-corrected chi connectivity index (χ0v) is 39.0. The van der Waals surface area contributed by atoms with Crippen molar-refractivity contribution >= 4 is 0 Å². The summed E-state index contributed by atoms with van der Waals surface area (Å²) in [5.41, 5.74) is 0. The van der Waals surface area contributed by atoms with Crippen molar-refractivity contribution in [1.82, 2.24) is 0 Å². The molecular formula is C56H112. The first-order valence-electron chi connectivity index (χ1n) is 30.5. The van der Waals surface area contributed by atoms with Gasteiger partial charge in [0.2, 0.25) is 0 Å². The SMILES string of the molecule is C=C/C=C/CCCC.C=C/C=C/CCCC.C=C/C=C/CCCCCCCC.[2H]CC([2H])C([2H])C([2H])CCCC.[2H]CC([2H])C([2H])C([2H])CCCC.[2H]CC([2H])C([2H])C([2H])CCCCCCCC. The molecular weight excluding hydrogens is 673 g/mol. The molecule has 9 atom stereocenters. The fraction of sp³-hybridized carbons (Fsp3) is 0.786. The van der Waals surface area contributed by atoms with Gasteiger partial charge in [-0.3, -0.25) is 0 Å². The van der Waals surface area contributed by atoms with Crippen LogP contribution in [-0.4, -0.2) is 0 Å². The van der Waals surface area contributed by atoms with Crippen LogP contribution in [0.4, 0.5) is 0 Å². The van der Waals surface area contributed by atoms with Crippen molar-refractivity contribution in [3.8, 4) is 0 Å². The van der Waals surface area contributed by atoms with Crippen LogP contribution in [0.25, 0.3) is 0 Å². The van der Waals surface area contributed by atoms with Gasteiger partial charge in [0.1, 0.15) is 0 Å². The molecule has 336 valence electrons. The van der Waals surface area contributed by atoms with E-state index in [1.807, 2.05) is 50.3 Å². The summed E-state index contributed by atoms with van der Waals surface area (Å²) in [7, 11) is 0. The molecule has 0 fully saturated rings. The zero-order valence-electron chi connectivity index (χ0n) is 51.0. The summed E-state index contributed by atoms with van der Waals surface area (Å²) in [6.45, 7) is 23.5. The lowest BCUT2D eigenvalue weighted by Crippen LogP contribution is -1.80. The second-order valence-corrected chi connectivity index (χ2v) is 13.7. The summed E-state index contributed by atoms with van der Waals surface area (Å²) < 4.78 is 88.3. The molecule has 0 bridgehead atoms. The minimum absolute atomic E-state index is 0.0555. The van der Waals surface area contributed by atoms with Crippen LogP contribution >= 0.6 is 0 Å². The lowest BCUT2D eigenvalue weighted by molar-refractivity contribution is 0.562. The van der Waals surface area contributed by atoms with Gasteiger partial charge >= 0.3 is 0 Å². The minimum Gasteiger partial charge on any atom is -0.0991 e. The Bertz CT molecular complexity index is 991. The molecule has 0 aliphatic heterocycles. The highest BCUT2D eigenvalue weighted by molar-refractivity contribution is 4.97. The summed E-state index contributed by atoms with van der Waals surface area (Å²) in [6, 6.07) is 0. The Hall–Kier alpha value is -1.56. The van der Waals surface area contributed by atoms with E-state index in [1.54, 1.807) is 0 Å². The van der Waals surface area contributed by atoms with Crippen LogP contribution in [0.15, 0.2) is 74.4 Å². The summed E-state index contributed by atoms with van der Waals surface area (Å²) in [6.07, 6.45) is 42.7. The second-order valence-electron chi connectivity index (χ2n) is 13.7. The number of hydrogen-bond donors (Lipinski definition) is 0. The second kappa shape index (κ2) is 81.6. The highest BCUT2D eigenvalue weighted by atomic mass is 14.0. The molecule has 0 radical (unpaired) electrons. The first-order valence-corrected chi connectivity index (χ1v) is 23.1. The van der Waals surface area contributed by atoms with E-state index in [1.165, 1.54) is 109 Å². The maximum atomic E-state index is 7.74. The maximum absolute atomic E-state index is 7.74. The normalized spacial score (nSPS) is 18.3. The van der Waals surface area contributed by atoms with Gasteiger partial charge in [0.25, 0.3) is 0 Å². The summed E-state index contributed by atoms with van der Waals surface area (Å²) in [5.74, 6) is 0. The molecule has 0 nitrogen and oxygen atoms in total. The van der Waals surface area contributed by atoms with Crippen molar-refractivity contribution in [1.29, 1.82) is 0 Å². The van der Waals surface area contributed by atoms with E-state index >= 15 is 0 Å². The third kappa shape index (κ3) is 104. The topological polar surface area (TPSA) is 0 Å². The Balaban J connectivity index is -0.000000172. The third-order valence-corrected chi connectivity index (χ3v) is 7.98. The number of hydrogen-bond acceptors (Lipinski definition) is 0. The van der Waals surface area contributed by atoms with Crippen LogP contribution < -0.4 is 0 Å².